The topological polar surface area (TPSA) is 89.4 Å². The van der Waals surface area contributed by atoms with E-state index in [1.807, 2.05) is 30.3 Å². The molecule has 0 saturated heterocycles. The van der Waals surface area contributed by atoms with Crippen molar-refractivity contribution < 1.29 is 0 Å². The highest BCUT2D eigenvalue weighted by molar-refractivity contribution is 7.71. The summed E-state index contributed by atoms with van der Waals surface area (Å²) in [4.78, 5) is 2.70. The van der Waals surface area contributed by atoms with Gasteiger partial charge in [-0.05, 0) is 17.0 Å². The maximum Gasteiger partial charge on any atom is 0.123 e. The van der Waals surface area contributed by atoms with Crippen LogP contribution in [0.5, 0.6) is 0 Å². The third kappa shape index (κ3) is 2.65. The Morgan fingerprint density at radius 2 is 1.67 bits per heavy atom. The number of nitrogens with two attached hydrogens (primary N) is 1. The van der Waals surface area contributed by atoms with Crippen LogP contribution in [-0.2, 0) is 0 Å². The maximum absolute atomic E-state index is 9.33. The molecule has 3 N–H and O–H groups in total. The Morgan fingerprint density at radius 1 is 1.10 bits per heavy atom. The minimum atomic E-state index is 0.185. The molecule has 0 bridgehead atoms. The first kappa shape index (κ1) is 14.8. The van der Waals surface area contributed by atoms with Gasteiger partial charge >= 0.3 is 0 Å². The van der Waals surface area contributed by atoms with E-state index in [4.69, 9.17) is 18.0 Å². The van der Waals surface area contributed by atoms with Crippen LogP contribution in [0.2, 0.25) is 0 Å². The van der Waals surface area contributed by atoms with Gasteiger partial charge < -0.3 is 10.7 Å². The molecule has 0 unspecified atom stereocenters. The van der Waals surface area contributed by atoms with Crippen LogP contribution in [0, 0.1) is 27.3 Å². The van der Waals surface area contributed by atoms with E-state index in [1.54, 1.807) is 0 Å². The zero-order valence-electron chi connectivity index (χ0n) is 11.8. The molecule has 0 aliphatic carbocycles. The first-order chi connectivity index (χ1) is 9.99. The molecule has 1 aromatic carbocycles. The van der Waals surface area contributed by atoms with Crippen LogP contribution in [0.25, 0.3) is 11.1 Å². The quantitative estimate of drug-likeness (QED) is 0.823. The van der Waals surface area contributed by atoms with Crippen molar-refractivity contribution in [2.24, 2.45) is 0 Å². The number of nitriles is 2. The number of pyridine rings is 1. The Labute approximate surface area is 128 Å². The monoisotopic (exact) mass is 294 g/mol. The second-order valence-electron chi connectivity index (χ2n) is 4.99. The fourth-order valence-electron chi connectivity index (χ4n) is 2.17. The van der Waals surface area contributed by atoms with Gasteiger partial charge in [0, 0.05) is 5.56 Å². The van der Waals surface area contributed by atoms with E-state index in [-0.39, 0.29) is 21.6 Å². The molecule has 0 aliphatic rings. The molecule has 104 valence electrons. The maximum atomic E-state index is 9.33. The van der Waals surface area contributed by atoms with Crippen LogP contribution < -0.4 is 5.73 Å². The SMILES string of the molecule is CC(C)c1ccc(-c2c(C#N)c(N)[nH]c(=S)c2C#N)cc1. The van der Waals surface area contributed by atoms with Crippen molar-refractivity contribution in [3.05, 3.63) is 45.6 Å². The number of aromatic amines is 1. The number of anilines is 1. The molecule has 2 aromatic rings. The lowest BCUT2D eigenvalue weighted by Crippen LogP contribution is -2.01. The van der Waals surface area contributed by atoms with E-state index >= 15 is 0 Å². The van der Waals surface area contributed by atoms with Gasteiger partial charge in [0.15, 0.2) is 0 Å². The molecule has 0 fully saturated rings. The largest absolute Gasteiger partial charge is 0.384 e. The van der Waals surface area contributed by atoms with Gasteiger partial charge in [0.05, 0.1) is 5.56 Å². The summed E-state index contributed by atoms with van der Waals surface area (Å²) in [7, 11) is 0. The Bertz CT molecular complexity index is 818. The zero-order chi connectivity index (χ0) is 15.6. The van der Waals surface area contributed by atoms with Crippen LogP contribution in [-0.4, -0.2) is 4.98 Å². The van der Waals surface area contributed by atoms with Gasteiger partial charge in [0.25, 0.3) is 0 Å². The second kappa shape index (κ2) is 5.78. The standard InChI is InChI=1S/C16H14N4S/c1-9(2)10-3-5-11(6-4-10)14-12(7-17)15(19)20-16(21)13(14)8-18/h3-6,9H,1-2H3,(H3,19,20,21). The number of aromatic nitrogens is 1. The molecular formula is C16H14N4S. The van der Waals surface area contributed by atoms with E-state index in [2.05, 4.69) is 24.9 Å². The van der Waals surface area contributed by atoms with Gasteiger partial charge in [-0.3, -0.25) is 0 Å². The second-order valence-corrected chi connectivity index (χ2v) is 5.40. The lowest BCUT2D eigenvalue weighted by atomic mass is 9.94. The molecule has 0 spiro atoms. The average molecular weight is 294 g/mol. The van der Waals surface area contributed by atoms with Gasteiger partial charge in [-0.25, -0.2) is 0 Å². The minimum absolute atomic E-state index is 0.185. The van der Waals surface area contributed by atoms with Crippen molar-refractivity contribution in [1.82, 2.24) is 4.98 Å². The van der Waals surface area contributed by atoms with Crippen LogP contribution in [0.1, 0.15) is 36.5 Å². The van der Waals surface area contributed by atoms with Gasteiger partial charge in [-0.15, -0.1) is 0 Å². The molecule has 1 heterocycles. The summed E-state index contributed by atoms with van der Waals surface area (Å²) in [6.07, 6.45) is 0. The fourth-order valence-corrected chi connectivity index (χ4v) is 2.42. The smallest absolute Gasteiger partial charge is 0.123 e. The number of benzene rings is 1. The lowest BCUT2D eigenvalue weighted by Gasteiger charge is -2.11. The lowest BCUT2D eigenvalue weighted by molar-refractivity contribution is 0.867. The van der Waals surface area contributed by atoms with Crippen LogP contribution in [0.3, 0.4) is 0 Å². The molecule has 0 atom stereocenters. The summed E-state index contributed by atoms with van der Waals surface area (Å²) in [5.74, 6) is 0.595. The Kier molecular flexibility index (Phi) is 4.07. The number of nitrogens with zero attached hydrogens (tertiary/aromatic N) is 2. The highest BCUT2D eigenvalue weighted by Gasteiger charge is 2.16. The van der Waals surface area contributed by atoms with E-state index in [9.17, 15) is 10.5 Å². The number of nitrogens with one attached hydrogen (secondary N) is 1. The number of hydrogen-bond donors (Lipinski definition) is 2. The predicted molar refractivity (Wildman–Crippen MR) is 85.0 cm³/mol. The molecule has 5 heteroatoms. The van der Waals surface area contributed by atoms with E-state index in [0.717, 1.165) is 5.56 Å². The average Bonchev–Trinajstić information content (AvgIpc) is 2.46. The Balaban J connectivity index is 2.77. The van der Waals surface area contributed by atoms with Crippen molar-refractivity contribution in [2.45, 2.75) is 19.8 Å². The first-order valence-electron chi connectivity index (χ1n) is 6.45. The highest BCUT2D eigenvalue weighted by atomic mass is 32.1. The normalized spacial score (nSPS) is 10.1. The predicted octanol–water partition coefficient (Wildman–Crippen LogP) is 3.86. The summed E-state index contributed by atoms with van der Waals surface area (Å²) in [6.45, 7) is 4.21. The first-order valence-corrected chi connectivity index (χ1v) is 6.86. The van der Waals surface area contributed by atoms with E-state index < -0.39 is 0 Å². The molecule has 0 amide bonds. The number of rotatable bonds is 2. The number of nitrogen functional groups attached to an aromatic ring is 1. The molecule has 2 rings (SSSR count). The van der Waals surface area contributed by atoms with Crippen molar-refractivity contribution in [3.63, 3.8) is 0 Å². The Morgan fingerprint density at radius 3 is 2.14 bits per heavy atom. The summed E-state index contributed by atoms with van der Waals surface area (Å²) in [5.41, 5.74) is 8.78. The van der Waals surface area contributed by atoms with Crippen molar-refractivity contribution in [3.8, 4) is 23.3 Å². The molecule has 1 aromatic heterocycles. The third-order valence-electron chi connectivity index (χ3n) is 3.33. The van der Waals surface area contributed by atoms with Gasteiger partial charge in [-0.1, -0.05) is 50.3 Å². The minimum Gasteiger partial charge on any atom is -0.384 e. The summed E-state index contributed by atoms with van der Waals surface area (Å²) >= 11 is 5.13. The van der Waals surface area contributed by atoms with Gasteiger partial charge in [0.1, 0.15) is 28.2 Å². The van der Waals surface area contributed by atoms with Crippen LogP contribution in [0.4, 0.5) is 5.82 Å². The number of hydrogen-bond acceptors (Lipinski definition) is 4. The summed E-state index contributed by atoms with van der Waals surface area (Å²) < 4.78 is 0.247. The molecule has 4 nitrogen and oxygen atoms in total. The van der Waals surface area contributed by atoms with Crippen LogP contribution in [0.15, 0.2) is 24.3 Å². The molecule has 21 heavy (non-hydrogen) atoms. The zero-order valence-corrected chi connectivity index (χ0v) is 12.6. The van der Waals surface area contributed by atoms with E-state index in [0.29, 0.717) is 11.5 Å². The summed E-state index contributed by atoms with van der Waals surface area (Å²) in [5, 5.41) is 18.6. The molecule has 0 aliphatic heterocycles. The third-order valence-corrected chi connectivity index (χ3v) is 3.64. The van der Waals surface area contributed by atoms with Crippen molar-refractivity contribution >= 4 is 18.0 Å². The number of H-pyrrole nitrogens is 1. The van der Waals surface area contributed by atoms with Gasteiger partial charge in [-0.2, -0.15) is 10.5 Å². The van der Waals surface area contributed by atoms with Crippen molar-refractivity contribution in [2.75, 3.05) is 5.73 Å². The molecular weight excluding hydrogens is 280 g/mol. The summed E-state index contributed by atoms with van der Waals surface area (Å²) in [6, 6.07) is 11.9. The van der Waals surface area contributed by atoms with Crippen LogP contribution >= 0.6 is 12.2 Å². The molecule has 0 radical (unpaired) electrons. The van der Waals surface area contributed by atoms with Crippen molar-refractivity contribution in [1.29, 1.82) is 10.5 Å². The highest BCUT2D eigenvalue weighted by Crippen LogP contribution is 2.31. The van der Waals surface area contributed by atoms with E-state index in [1.165, 1.54) is 5.56 Å². The fraction of sp³-hybridized carbons (Fsp3) is 0.188. The van der Waals surface area contributed by atoms with Gasteiger partial charge in [0.2, 0.25) is 0 Å². The molecule has 0 saturated carbocycles. The Hall–Kier alpha value is -2.63.